The molecular formula is C18H20N2O. The van der Waals surface area contributed by atoms with Gasteiger partial charge in [-0.15, -0.1) is 0 Å². The molecule has 21 heavy (non-hydrogen) atoms. The molecule has 0 aliphatic carbocycles. The normalized spacial score (nSPS) is 11.2. The Hall–Kier alpha value is -2.26. The van der Waals surface area contributed by atoms with E-state index >= 15 is 0 Å². The molecule has 0 fully saturated rings. The van der Waals surface area contributed by atoms with E-state index < -0.39 is 0 Å². The Bertz CT molecular complexity index is 698. The van der Waals surface area contributed by atoms with Crippen LogP contribution in [0.3, 0.4) is 0 Å². The highest BCUT2D eigenvalue weighted by atomic mass is 16.3. The summed E-state index contributed by atoms with van der Waals surface area (Å²) in [6, 6.07) is 18.7. The maximum atomic E-state index is 5.81. The van der Waals surface area contributed by atoms with Crippen molar-refractivity contribution in [3.05, 3.63) is 65.9 Å². The summed E-state index contributed by atoms with van der Waals surface area (Å²) in [5.41, 5.74) is 3.36. The van der Waals surface area contributed by atoms with E-state index in [4.69, 9.17) is 4.42 Å². The zero-order chi connectivity index (χ0) is 14.7. The Morgan fingerprint density at radius 2 is 1.86 bits per heavy atom. The Labute approximate surface area is 125 Å². The second-order valence-corrected chi connectivity index (χ2v) is 5.54. The third-order valence-electron chi connectivity index (χ3n) is 3.37. The largest absolute Gasteiger partial charge is 0.459 e. The SMILES string of the molecule is CN(C)Cc1cccc(NCc2cc3ccccc3o2)c1. The molecule has 1 N–H and O–H groups in total. The fourth-order valence-corrected chi connectivity index (χ4v) is 2.46. The predicted molar refractivity (Wildman–Crippen MR) is 87.4 cm³/mol. The lowest BCUT2D eigenvalue weighted by molar-refractivity contribution is 0.402. The molecule has 0 amide bonds. The lowest BCUT2D eigenvalue weighted by Gasteiger charge is -2.11. The number of hydrogen-bond donors (Lipinski definition) is 1. The molecule has 108 valence electrons. The molecule has 3 aromatic rings. The topological polar surface area (TPSA) is 28.4 Å². The molecule has 3 heteroatoms. The number of nitrogens with zero attached hydrogens (tertiary/aromatic N) is 1. The van der Waals surface area contributed by atoms with Crippen molar-refractivity contribution in [2.24, 2.45) is 0 Å². The van der Waals surface area contributed by atoms with Crippen molar-refractivity contribution in [3.63, 3.8) is 0 Å². The lowest BCUT2D eigenvalue weighted by atomic mass is 10.2. The molecule has 2 aromatic carbocycles. The molecule has 0 saturated carbocycles. The second-order valence-electron chi connectivity index (χ2n) is 5.54. The average Bonchev–Trinajstić information content (AvgIpc) is 2.87. The first-order chi connectivity index (χ1) is 10.2. The number of benzene rings is 2. The molecule has 0 spiro atoms. The lowest BCUT2D eigenvalue weighted by Crippen LogP contribution is -2.10. The highest BCUT2D eigenvalue weighted by molar-refractivity contribution is 5.77. The summed E-state index contributed by atoms with van der Waals surface area (Å²) in [5, 5.41) is 4.57. The van der Waals surface area contributed by atoms with Crippen molar-refractivity contribution in [1.29, 1.82) is 0 Å². The number of fused-ring (bicyclic) bond motifs is 1. The van der Waals surface area contributed by atoms with Crippen LogP contribution in [0.15, 0.2) is 59.0 Å². The minimum absolute atomic E-state index is 0.695. The number of nitrogens with one attached hydrogen (secondary N) is 1. The van der Waals surface area contributed by atoms with E-state index in [0.29, 0.717) is 6.54 Å². The predicted octanol–water partition coefficient (Wildman–Crippen LogP) is 4.11. The van der Waals surface area contributed by atoms with Gasteiger partial charge in [0.25, 0.3) is 0 Å². The van der Waals surface area contributed by atoms with Crippen molar-refractivity contribution < 1.29 is 4.42 Å². The molecule has 0 radical (unpaired) electrons. The van der Waals surface area contributed by atoms with Crippen molar-refractivity contribution in [1.82, 2.24) is 4.90 Å². The smallest absolute Gasteiger partial charge is 0.134 e. The van der Waals surface area contributed by atoms with Gasteiger partial charge in [0.1, 0.15) is 11.3 Å². The second kappa shape index (κ2) is 6.02. The first-order valence-electron chi connectivity index (χ1n) is 7.16. The first-order valence-corrected chi connectivity index (χ1v) is 7.16. The summed E-state index contributed by atoms with van der Waals surface area (Å²) in [7, 11) is 4.16. The van der Waals surface area contributed by atoms with Crippen LogP contribution in [0, 0.1) is 0 Å². The van der Waals surface area contributed by atoms with Crippen molar-refractivity contribution in [2.45, 2.75) is 13.1 Å². The standard InChI is InChI=1S/C18H20N2O/c1-20(2)13-14-6-5-8-16(10-14)19-12-17-11-15-7-3-4-9-18(15)21-17/h3-11,19H,12-13H2,1-2H3. The van der Waals surface area contributed by atoms with Crippen molar-refractivity contribution in [3.8, 4) is 0 Å². The molecule has 1 aromatic heterocycles. The van der Waals surface area contributed by atoms with Crippen LogP contribution in [0.4, 0.5) is 5.69 Å². The summed E-state index contributed by atoms with van der Waals surface area (Å²) >= 11 is 0. The first kappa shape index (κ1) is 13.7. The number of furan rings is 1. The molecule has 0 atom stereocenters. The van der Waals surface area contributed by atoms with Gasteiger partial charge in [-0.25, -0.2) is 0 Å². The summed E-state index contributed by atoms with van der Waals surface area (Å²) in [5.74, 6) is 0.953. The van der Waals surface area contributed by atoms with Gasteiger partial charge in [-0.1, -0.05) is 30.3 Å². The fraction of sp³-hybridized carbons (Fsp3) is 0.222. The van der Waals surface area contributed by atoms with Crippen molar-refractivity contribution >= 4 is 16.7 Å². The van der Waals surface area contributed by atoms with Crippen LogP contribution in [0.25, 0.3) is 11.0 Å². The molecule has 0 aliphatic rings. The van der Waals surface area contributed by atoms with Gasteiger partial charge in [0.15, 0.2) is 0 Å². The van der Waals surface area contributed by atoms with Crippen LogP contribution in [0.5, 0.6) is 0 Å². The van der Waals surface area contributed by atoms with Gasteiger partial charge in [-0.2, -0.15) is 0 Å². The van der Waals surface area contributed by atoms with Gasteiger partial charge >= 0.3 is 0 Å². The summed E-state index contributed by atoms with van der Waals surface area (Å²) in [4.78, 5) is 2.17. The van der Waals surface area contributed by atoms with Crippen LogP contribution in [-0.4, -0.2) is 19.0 Å². The molecule has 3 rings (SSSR count). The monoisotopic (exact) mass is 280 g/mol. The highest BCUT2D eigenvalue weighted by Gasteiger charge is 2.03. The number of anilines is 1. The number of hydrogen-bond acceptors (Lipinski definition) is 3. The molecule has 1 heterocycles. The van der Waals surface area contributed by atoms with E-state index in [1.807, 2.05) is 18.2 Å². The minimum atomic E-state index is 0.695. The number of rotatable bonds is 5. The zero-order valence-corrected chi connectivity index (χ0v) is 12.5. The quantitative estimate of drug-likeness (QED) is 0.762. The van der Waals surface area contributed by atoms with Crippen LogP contribution in [0.2, 0.25) is 0 Å². The maximum Gasteiger partial charge on any atom is 0.134 e. The molecule has 0 aliphatic heterocycles. The van der Waals surface area contributed by atoms with E-state index in [1.165, 1.54) is 5.56 Å². The van der Waals surface area contributed by atoms with Gasteiger partial charge < -0.3 is 14.6 Å². The zero-order valence-electron chi connectivity index (χ0n) is 12.5. The fourth-order valence-electron chi connectivity index (χ4n) is 2.46. The Balaban J connectivity index is 1.69. The molecule has 0 unspecified atom stereocenters. The van der Waals surface area contributed by atoms with E-state index in [2.05, 4.69) is 60.7 Å². The molecule has 0 saturated heterocycles. The van der Waals surface area contributed by atoms with Crippen LogP contribution in [-0.2, 0) is 13.1 Å². The van der Waals surface area contributed by atoms with Gasteiger partial charge in [-0.05, 0) is 43.9 Å². The third kappa shape index (κ3) is 3.44. The highest BCUT2D eigenvalue weighted by Crippen LogP contribution is 2.20. The molecule has 3 nitrogen and oxygen atoms in total. The Morgan fingerprint density at radius 1 is 1.00 bits per heavy atom. The maximum absolute atomic E-state index is 5.81. The van der Waals surface area contributed by atoms with Gasteiger partial charge in [0.05, 0.1) is 6.54 Å². The summed E-state index contributed by atoms with van der Waals surface area (Å²) < 4.78 is 5.81. The van der Waals surface area contributed by atoms with Crippen LogP contribution < -0.4 is 5.32 Å². The van der Waals surface area contributed by atoms with Gasteiger partial charge in [0.2, 0.25) is 0 Å². The van der Waals surface area contributed by atoms with E-state index in [1.54, 1.807) is 0 Å². The van der Waals surface area contributed by atoms with E-state index in [-0.39, 0.29) is 0 Å². The summed E-state index contributed by atoms with van der Waals surface area (Å²) in [6.45, 7) is 1.64. The van der Waals surface area contributed by atoms with Gasteiger partial charge in [-0.3, -0.25) is 0 Å². The van der Waals surface area contributed by atoms with Crippen LogP contribution in [0.1, 0.15) is 11.3 Å². The summed E-state index contributed by atoms with van der Waals surface area (Å²) in [6.07, 6.45) is 0. The average molecular weight is 280 g/mol. The van der Waals surface area contributed by atoms with E-state index in [0.717, 1.165) is 29.0 Å². The Kier molecular flexibility index (Phi) is 3.93. The minimum Gasteiger partial charge on any atom is -0.459 e. The third-order valence-corrected chi connectivity index (χ3v) is 3.37. The molecule has 0 bridgehead atoms. The van der Waals surface area contributed by atoms with Gasteiger partial charge in [0, 0.05) is 17.6 Å². The number of para-hydroxylation sites is 1. The van der Waals surface area contributed by atoms with Crippen molar-refractivity contribution in [2.75, 3.05) is 19.4 Å². The molecular weight excluding hydrogens is 260 g/mol. The Morgan fingerprint density at radius 3 is 2.67 bits per heavy atom. The van der Waals surface area contributed by atoms with E-state index in [9.17, 15) is 0 Å². The van der Waals surface area contributed by atoms with Crippen LogP contribution >= 0.6 is 0 Å².